The highest BCUT2D eigenvalue weighted by Gasteiger charge is 2.10. The Morgan fingerprint density at radius 1 is 1.08 bits per heavy atom. The largest absolute Gasteiger partial charge is 0.494 e. The third-order valence-electron chi connectivity index (χ3n) is 3.24. The Balaban J connectivity index is 1.64. The number of amides is 1. The van der Waals surface area contributed by atoms with E-state index in [1.54, 1.807) is 0 Å². The van der Waals surface area contributed by atoms with Gasteiger partial charge in [0, 0.05) is 24.2 Å². The van der Waals surface area contributed by atoms with E-state index in [9.17, 15) is 19.7 Å². The SMILES string of the molecule is O=C(COC(=O)CCCOc1ccccc1)Nc1cccc([N+](=O)[O-])c1. The Kier molecular flexibility index (Phi) is 7.11. The molecule has 26 heavy (non-hydrogen) atoms. The normalized spacial score (nSPS) is 10.0. The van der Waals surface area contributed by atoms with Gasteiger partial charge in [0.1, 0.15) is 5.75 Å². The van der Waals surface area contributed by atoms with E-state index in [0.717, 1.165) is 5.75 Å². The molecular weight excluding hydrogens is 340 g/mol. The number of esters is 1. The summed E-state index contributed by atoms with van der Waals surface area (Å²) in [6.45, 7) is -0.0972. The van der Waals surface area contributed by atoms with Crippen molar-refractivity contribution in [2.24, 2.45) is 0 Å². The van der Waals surface area contributed by atoms with Gasteiger partial charge in [-0.05, 0) is 24.6 Å². The lowest BCUT2D eigenvalue weighted by Gasteiger charge is -2.07. The van der Waals surface area contributed by atoms with E-state index in [2.05, 4.69) is 5.32 Å². The number of nitro benzene ring substituents is 1. The van der Waals surface area contributed by atoms with Crippen molar-refractivity contribution in [2.75, 3.05) is 18.5 Å². The predicted molar refractivity (Wildman–Crippen MR) is 93.9 cm³/mol. The highest BCUT2D eigenvalue weighted by molar-refractivity contribution is 5.93. The summed E-state index contributed by atoms with van der Waals surface area (Å²) in [5.41, 5.74) is 0.120. The topological polar surface area (TPSA) is 108 Å². The molecule has 0 heterocycles. The smallest absolute Gasteiger partial charge is 0.306 e. The van der Waals surface area contributed by atoms with Gasteiger partial charge in [0.2, 0.25) is 0 Å². The van der Waals surface area contributed by atoms with Crippen molar-refractivity contribution < 1.29 is 24.0 Å². The third-order valence-corrected chi connectivity index (χ3v) is 3.24. The molecule has 0 spiro atoms. The van der Waals surface area contributed by atoms with Crippen LogP contribution in [-0.2, 0) is 14.3 Å². The number of rotatable bonds is 9. The monoisotopic (exact) mass is 358 g/mol. The lowest BCUT2D eigenvalue weighted by molar-refractivity contribution is -0.384. The van der Waals surface area contributed by atoms with Crippen LogP contribution in [0.5, 0.6) is 5.75 Å². The summed E-state index contributed by atoms with van der Waals surface area (Å²) in [4.78, 5) is 33.5. The number of nitro groups is 1. The molecule has 0 radical (unpaired) electrons. The van der Waals surface area contributed by atoms with E-state index >= 15 is 0 Å². The molecule has 0 aliphatic carbocycles. The van der Waals surface area contributed by atoms with Gasteiger partial charge in [-0.25, -0.2) is 0 Å². The van der Waals surface area contributed by atoms with Gasteiger partial charge in [-0.1, -0.05) is 24.3 Å². The average molecular weight is 358 g/mol. The van der Waals surface area contributed by atoms with Crippen molar-refractivity contribution in [3.63, 3.8) is 0 Å². The molecule has 0 aromatic heterocycles. The maximum Gasteiger partial charge on any atom is 0.306 e. The van der Waals surface area contributed by atoms with Gasteiger partial charge >= 0.3 is 5.97 Å². The van der Waals surface area contributed by atoms with Gasteiger partial charge in [0.05, 0.1) is 11.5 Å². The minimum absolute atomic E-state index is 0.122. The zero-order valence-corrected chi connectivity index (χ0v) is 13.9. The van der Waals surface area contributed by atoms with Crippen LogP contribution in [0.15, 0.2) is 54.6 Å². The molecule has 0 bridgehead atoms. The second-order valence-corrected chi connectivity index (χ2v) is 5.28. The summed E-state index contributed by atoms with van der Waals surface area (Å²) in [7, 11) is 0. The van der Waals surface area contributed by atoms with Crippen LogP contribution >= 0.6 is 0 Å². The van der Waals surface area contributed by atoms with E-state index in [1.165, 1.54) is 24.3 Å². The van der Waals surface area contributed by atoms with E-state index in [-0.39, 0.29) is 17.8 Å². The van der Waals surface area contributed by atoms with E-state index in [0.29, 0.717) is 13.0 Å². The van der Waals surface area contributed by atoms with Gasteiger partial charge in [-0.15, -0.1) is 0 Å². The van der Waals surface area contributed by atoms with Crippen LogP contribution < -0.4 is 10.1 Å². The highest BCUT2D eigenvalue weighted by atomic mass is 16.6. The first-order valence-electron chi connectivity index (χ1n) is 7.92. The van der Waals surface area contributed by atoms with Crippen LogP contribution in [0.25, 0.3) is 0 Å². The first-order valence-corrected chi connectivity index (χ1v) is 7.92. The van der Waals surface area contributed by atoms with E-state index < -0.39 is 23.4 Å². The van der Waals surface area contributed by atoms with Crippen molar-refractivity contribution in [2.45, 2.75) is 12.8 Å². The van der Waals surface area contributed by atoms with Gasteiger partial charge in [0.15, 0.2) is 6.61 Å². The first-order chi connectivity index (χ1) is 12.5. The van der Waals surface area contributed by atoms with Crippen molar-refractivity contribution in [1.29, 1.82) is 0 Å². The number of carbonyl (C=O) groups excluding carboxylic acids is 2. The van der Waals surface area contributed by atoms with Crippen LogP contribution in [0.2, 0.25) is 0 Å². The molecule has 0 aliphatic rings. The summed E-state index contributed by atoms with van der Waals surface area (Å²) in [5.74, 6) is -0.368. The number of nitrogens with one attached hydrogen (secondary N) is 1. The Morgan fingerprint density at radius 3 is 2.58 bits per heavy atom. The number of anilines is 1. The van der Waals surface area contributed by atoms with E-state index in [1.807, 2.05) is 30.3 Å². The molecule has 2 aromatic rings. The number of hydrogen-bond acceptors (Lipinski definition) is 6. The Hall–Kier alpha value is -3.42. The number of carbonyl (C=O) groups is 2. The number of ether oxygens (including phenoxy) is 2. The number of benzene rings is 2. The third kappa shape index (κ3) is 6.60. The summed E-state index contributed by atoms with van der Waals surface area (Å²) in [5, 5.41) is 13.1. The Morgan fingerprint density at radius 2 is 1.85 bits per heavy atom. The fourth-order valence-electron chi connectivity index (χ4n) is 2.04. The molecule has 1 amide bonds. The van der Waals surface area contributed by atoms with Crippen molar-refractivity contribution in [3.05, 3.63) is 64.7 Å². The molecular formula is C18H18N2O6. The van der Waals surface area contributed by atoms with Crippen molar-refractivity contribution >= 4 is 23.3 Å². The second-order valence-electron chi connectivity index (χ2n) is 5.28. The molecule has 0 unspecified atom stereocenters. The standard InChI is InChI=1S/C18H18N2O6/c21-17(19-14-6-4-7-15(12-14)20(23)24)13-26-18(22)10-5-11-25-16-8-2-1-3-9-16/h1-4,6-9,12H,5,10-11,13H2,(H,19,21). The number of para-hydroxylation sites is 1. The zero-order valence-electron chi connectivity index (χ0n) is 13.9. The minimum Gasteiger partial charge on any atom is -0.494 e. The van der Waals surface area contributed by atoms with Crippen LogP contribution in [0.1, 0.15) is 12.8 Å². The Labute approximate surface area is 149 Å². The fraction of sp³-hybridized carbons (Fsp3) is 0.222. The van der Waals surface area contributed by atoms with Crippen molar-refractivity contribution in [3.8, 4) is 5.75 Å². The lowest BCUT2D eigenvalue weighted by Crippen LogP contribution is -2.21. The quantitative estimate of drug-likeness (QED) is 0.320. The van der Waals surface area contributed by atoms with Gasteiger partial charge in [0.25, 0.3) is 11.6 Å². The summed E-state index contributed by atoms with van der Waals surface area (Å²) in [6, 6.07) is 14.7. The molecule has 2 rings (SSSR count). The minimum atomic E-state index is -0.570. The van der Waals surface area contributed by atoms with Crippen LogP contribution in [-0.4, -0.2) is 30.0 Å². The highest BCUT2D eigenvalue weighted by Crippen LogP contribution is 2.16. The fourth-order valence-corrected chi connectivity index (χ4v) is 2.04. The Bertz CT molecular complexity index is 763. The first kappa shape index (κ1) is 18.9. The van der Waals surface area contributed by atoms with E-state index in [4.69, 9.17) is 9.47 Å². The van der Waals surface area contributed by atoms with Gasteiger partial charge in [-0.3, -0.25) is 19.7 Å². The van der Waals surface area contributed by atoms with Crippen molar-refractivity contribution in [1.82, 2.24) is 0 Å². The average Bonchev–Trinajstić information content (AvgIpc) is 2.64. The molecule has 0 saturated heterocycles. The van der Waals surface area contributed by atoms with Crippen LogP contribution in [0.3, 0.4) is 0 Å². The summed E-state index contributed by atoms with van der Waals surface area (Å²) >= 11 is 0. The van der Waals surface area contributed by atoms with Crippen LogP contribution in [0, 0.1) is 10.1 Å². The molecule has 8 nitrogen and oxygen atoms in total. The molecule has 0 fully saturated rings. The number of nitrogens with zero attached hydrogens (tertiary/aromatic N) is 1. The molecule has 0 saturated carbocycles. The lowest BCUT2D eigenvalue weighted by atomic mass is 10.3. The summed E-state index contributed by atoms with van der Waals surface area (Å²) in [6.07, 6.45) is 0.581. The number of non-ortho nitro benzene ring substituents is 1. The van der Waals surface area contributed by atoms with Gasteiger partial charge < -0.3 is 14.8 Å². The molecule has 2 aromatic carbocycles. The maximum absolute atomic E-state index is 11.7. The molecule has 0 atom stereocenters. The molecule has 0 aliphatic heterocycles. The van der Waals surface area contributed by atoms with Gasteiger partial charge in [-0.2, -0.15) is 0 Å². The number of hydrogen-bond donors (Lipinski definition) is 1. The second kappa shape index (κ2) is 9.77. The summed E-state index contributed by atoms with van der Waals surface area (Å²) < 4.78 is 10.3. The zero-order chi connectivity index (χ0) is 18.8. The maximum atomic E-state index is 11.7. The molecule has 1 N–H and O–H groups in total. The molecule has 136 valence electrons. The predicted octanol–water partition coefficient (Wildman–Crippen LogP) is 2.94. The van der Waals surface area contributed by atoms with Crippen LogP contribution in [0.4, 0.5) is 11.4 Å². The molecule has 8 heteroatoms.